The summed E-state index contributed by atoms with van der Waals surface area (Å²) >= 11 is 3.55. The molecule has 8 heteroatoms. The number of hydrogen-bond acceptors (Lipinski definition) is 6. The summed E-state index contributed by atoms with van der Waals surface area (Å²) in [5.74, 6) is 1.20. The lowest BCUT2D eigenvalue weighted by Gasteiger charge is -2.25. The number of thiazole rings is 1. The first-order valence-electron chi connectivity index (χ1n) is 12.4. The monoisotopic (exact) mass is 638 g/mol. The van der Waals surface area contributed by atoms with E-state index in [1.807, 2.05) is 60.7 Å². The molecule has 0 spiro atoms. The predicted molar refractivity (Wildman–Crippen MR) is 158 cm³/mol. The molecule has 3 heterocycles. The van der Waals surface area contributed by atoms with Gasteiger partial charge in [0.2, 0.25) is 0 Å². The van der Waals surface area contributed by atoms with Crippen LogP contribution in [0, 0.1) is 3.57 Å². The molecule has 0 bridgehead atoms. The van der Waals surface area contributed by atoms with E-state index in [1.54, 1.807) is 24.5 Å². The summed E-state index contributed by atoms with van der Waals surface area (Å²) in [6.07, 6.45) is 1.74. The maximum absolute atomic E-state index is 13.8. The molecular formula is C30H27IN2O4S. The molecular weight excluding hydrogens is 611 g/mol. The van der Waals surface area contributed by atoms with Crippen LogP contribution >= 0.6 is 33.9 Å². The zero-order valence-electron chi connectivity index (χ0n) is 21.5. The second-order valence-electron chi connectivity index (χ2n) is 9.33. The highest BCUT2D eigenvalue weighted by Gasteiger charge is 2.33. The SMILES string of the molecule is CCOC(=O)C1=C(C)N=c2s/c(=C\c3ccc(-c4ccc(I)cc4)o3)c(=O)n2[C@H]1c1ccc(C(C)C)cc1. The van der Waals surface area contributed by atoms with E-state index in [-0.39, 0.29) is 12.2 Å². The fourth-order valence-electron chi connectivity index (χ4n) is 4.50. The Bertz CT molecular complexity index is 1710. The van der Waals surface area contributed by atoms with Crippen LogP contribution in [0.1, 0.15) is 56.5 Å². The number of ether oxygens (including phenoxy) is 1. The van der Waals surface area contributed by atoms with E-state index >= 15 is 0 Å². The van der Waals surface area contributed by atoms with E-state index in [4.69, 9.17) is 9.15 Å². The Kier molecular flexibility index (Phi) is 7.54. The van der Waals surface area contributed by atoms with E-state index in [1.165, 1.54) is 16.9 Å². The lowest BCUT2D eigenvalue weighted by atomic mass is 9.93. The fraction of sp³-hybridized carbons (Fsp3) is 0.233. The Morgan fingerprint density at radius 1 is 1.13 bits per heavy atom. The minimum atomic E-state index is -0.632. The molecule has 2 aromatic carbocycles. The molecule has 0 aliphatic carbocycles. The molecule has 194 valence electrons. The number of benzene rings is 2. The molecule has 1 aliphatic heterocycles. The van der Waals surface area contributed by atoms with E-state index in [9.17, 15) is 9.59 Å². The van der Waals surface area contributed by atoms with Gasteiger partial charge in [0, 0.05) is 15.2 Å². The first kappa shape index (κ1) is 26.4. The number of rotatable bonds is 6. The highest BCUT2D eigenvalue weighted by Crippen LogP contribution is 2.31. The van der Waals surface area contributed by atoms with Crippen LogP contribution in [0.5, 0.6) is 0 Å². The lowest BCUT2D eigenvalue weighted by molar-refractivity contribution is -0.139. The van der Waals surface area contributed by atoms with Crippen molar-refractivity contribution in [1.29, 1.82) is 0 Å². The zero-order chi connectivity index (χ0) is 27.0. The van der Waals surface area contributed by atoms with Gasteiger partial charge in [0.05, 0.1) is 28.5 Å². The van der Waals surface area contributed by atoms with Gasteiger partial charge in [-0.2, -0.15) is 0 Å². The Labute approximate surface area is 238 Å². The third-order valence-corrected chi connectivity index (χ3v) is 8.17. The number of furan rings is 1. The molecule has 0 saturated carbocycles. The van der Waals surface area contributed by atoms with Gasteiger partial charge in [-0.3, -0.25) is 9.36 Å². The first-order chi connectivity index (χ1) is 18.3. The van der Waals surface area contributed by atoms with Crippen molar-refractivity contribution in [2.75, 3.05) is 6.61 Å². The summed E-state index contributed by atoms with van der Waals surface area (Å²) < 4.78 is 14.7. The normalized spacial score (nSPS) is 15.5. The van der Waals surface area contributed by atoms with Crippen LogP contribution in [-0.4, -0.2) is 17.1 Å². The van der Waals surface area contributed by atoms with Crippen molar-refractivity contribution < 1.29 is 13.9 Å². The van der Waals surface area contributed by atoms with Crippen molar-refractivity contribution >= 4 is 46.0 Å². The first-order valence-corrected chi connectivity index (χ1v) is 14.3. The Hall–Kier alpha value is -3.24. The van der Waals surface area contributed by atoms with E-state index in [2.05, 4.69) is 41.4 Å². The van der Waals surface area contributed by atoms with Crippen molar-refractivity contribution in [1.82, 2.24) is 4.57 Å². The number of hydrogen-bond donors (Lipinski definition) is 0. The molecule has 0 radical (unpaired) electrons. The van der Waals surface area contributed by atoms with Gasteiger partial charge in [0.15, 0.2) is 4.80 Å². The minimum absolute atomic E-state index is 0.229. The van der Waals surface area contributed by atoms with Crippen LogP contribution in [0.4, 0.5) is 0 Å². The summed E-state index contributed by atoms with van der Waals surface area (Å²) in [5.41, 5.74) is 3.68. The van der Waals surface area contributed by atoms with E-state index in [0.29, 0.717) is 32.3 Å². The molecule has 1 aliphatic rings. The average Bonchev–Trinajstić information content (AvgIpc) is 3.48. The summed E-state index contributed by atoms with van der Waals surface area (Å²) in [6.45, 7) is 8.05. The number of halogens is 1. The van der Waals surface area contributed by atoms with Crippen LogP contribution in [0.3, 0.4) is 0 Å². The van der Waals surface area contributed by atoms with Gasteiger partial charge in [-0.25, -0.2) is 9.79 Å². The van der Waals surface area contributed by atoms with Crippen LogP contribution in [0.15, 0.2) is 86.1 Å². The van der Waals surface area contributed by atoms with Gasteiger partial charge in [-0.05, 0) is 77.7 Å². The molecule has 1 atom stereocenters. The Morgan fingerprint density at radius 3 is 2.50 bits per heavy atom. The number of allylic oxidation sites excluding steroid dienone is 1. The fourth-order valence-corrected chi connectivity index (χ4v) is 5.89. The Balaban J connectivity index is 1.62. The zero-order valence-corrected chi connectivity index (χ0v) is 24.5. The topological polar surface area (TPSA) is 73.8 Å². The molecule has 5 rings (SSSR count). The molecule has 0 fully saturated rings. The van der Waals surface area contributed by atoms with Crippen molar-refractivity contribution in [2.24, 2.45) is 4.99 Å². The maximum Gasteiger partial charge on any atom is 0.338 e. The smallest absolute Gasteiger partial charge is 0.338 e. The Morgan fingerprint density at radius 2 is 1.84 bits per heavy atom. The number of carbonyl (C=O) groups is 1. The van der Waals surface area contributed by atoms with Gasteiger partial charge in [0.25, 0.3) is 5.56 Å². The minimum Gasteiger partial charge on any atom is -0.463 e. The number of aromatic nitrogens is 1. The van der Waals surface area contributed by atoms with Crippen molar-refractivity contribution in [3.8, 4) is 11.3 Å². The molecule has 0 amide bonds. The molecule has 0 N–H and O–H groups in total. The van der Waals surface area contributed by atoms with Gasteiger partial charge in [-0.15, -0.1) is 0 Å². The quantitative estimate of drug-likeness (QED) is 0.198. The van der Waals surface area contributed by atoms with Gasteiger partial charge in [0.1, 0.15) is 11.5 Å². The van der Waals surface area contributed by atoms with Gasteiger partial charge in [-0.1, -0.05) is 61.6 Å². The maximum atomic E-state index is 13.8. The van der Waals surface area contributed by atoms with Crippen LogP contribution in [0.2, 0.25) is 0 Å². The molecule has 2 aromatic heterocycles. The molecule has 6 nitrogen and oxygen atoms in total. The van der Waals surface area contributed by atoms with Gasteiger partial charge < -0.3 is 9.15 Å². The predicted octanol–water partition coefficient (Wildman–Crippen LogP) is 5.79. The molecule has 0 unspecified atom stereocenters. The van der Waals surface area contributed by atoms with Crippen molar-refractivity contribution in [3.05, 3.63) is 112 Å². The number of esters is 1. The van der Waals surface area contributed by atoms with Gasteiger partial charge >= 0.3 is 5.97 Å². The second-order valence-corrected chi connectivity index (χ2v) is 11.6. The average molecular weight is 639 g/mol. The van der Waals surface area contributed by atoms with E-state index in [0.717, 1.165) is 20.5 Å². The van der Waals surface area contributed by atoms with Crippen molar-refractivity contribution in [3.63, 3.8) is 0 Å². The number of nitrogens with zero attached hydrogens (tertiary/aromatic N) is 2. The molecule has 4 aromatic rings. The highest BCUT2D eigenvalue weighted by atomic mass is 127. The summed E-state index contributed by atoms with van der Waals surface area (Å²) in [5, 5.41) is 0. The van der Waals surface area contributed by atoms with Crippen LogP contribution < -0.4 is 14.9 Å². The molecule has 0 saturated heterocycles. The highest BCUT2D eigenvalue weighted by molar-refractivity contribution is 14.1. The second kappa shape index (κ2) is 10.9. The summed E-state index contributed by atoms with van der Waals surface area (Å²) in [4.78, 5) is 32.0. The third-order valence-electron chi connectivity index (χ3n) is 6.46. The largest absolute Gasteiger partial charge is 0.463 e. The summed E-state index contributed by atoms with van der Waals surface area (Å²) in [7, 11) is 0. The third kappa shape index (κ3) is 5.07. The van der Waals surface area contributed by atoms with Crippen molar-refractivity contribution in [2.45, 2.75) is 39.7 Å². The van der Waals surface area contributed by atoms with E-state index < -0.39 is 12.0 Å². The number of fused-ring (bicyclic) bond motifs is 1. The summed E-state index contributed by atoms with van der Waals surface area (Å²) in [6, 6.07) is 19.2. The standard InChI is InChI=1S/C30H27IN2O4S/c1-5-36-29(35)26-18(4)32-30-33(27(26)21-8-6-19(7-9-21)17(2)3)28(34)25(38-30)16-23-14-15-24(37-23)20-10-12-22(31)13-11-20/h6-17,27H,5H2,1-4H3/b25-16-/t27-/m0/s1. The lowest BCUT2D eigenvalue weighted by Crippen LogP contribution is -2.39. The molecule has 38 heavy (non-hydrogen) atoms. The van der Waals surface area contributed by atoms with Crippen LogP contribution in [0.25, 0.3) is 17.4 Å². The number of carbonyl (C=O) groups excluding carboxylic acids is 1. The van der Waals surface area contributed by atoms with Crippen LogP contribution in [-0.2, 0) is 9.53 Å².